The molecule has 0 bridgehead atoms. The van der Waals surface area contributed by atoms with E-state index in [0.717, 1.165) is 23.1 Å². The number of benzene rings is 3. The van der Waals surface area contributed by atoms with E-state index in [-0.39, 0.29) is 52.8 Å². The number of ether oxygens (including phenoxy) is 3. The third-order valence-electron chi connectivity index (χ3n) is 7.78. The van der Waals surface area contributed by atoms with E-state index in [1.807, 2.05) is 36.4 Å². The van der Waals surface area contributed by atoms with Crippen LogP contribution in [0.25, 0.3) is 33.3 Å². The topological polar surface area (TPSA) is 93.7 Å². The molecule has 9 heteroatoms. The van der Waals surface area contributed by atoms with Crippen molar-refractivity contribution in [3.8, 4) is 28.3 Å². The van der Waals surface area contributed by atoms with Gasteiger partial charge in [0, 0.05) is 12.7 Å². The number of imidazole rings is 1. The lowest BCUT2D eigenvalue weighted by Crippen LogP contribution is -2.32. The lowest BCUT2D eigenvalue weighted by atomic mass is 9.98. The quantitative estimate of drug-likeness (QED) is 0.360. The molecular weight excluding hydrogens is 494 g/mol. The van der Waals surface area contributed by atoms with E-state index in [1.54, 1.807) is 12.1 Å². The first-order valence-corrected chi connectivity index (χ1v) is 12.7. The van der Waals surface area contributed by atoms with Gasteiger partial charge in [0.1, 0.15) is 17.4 Å². The maximum atomic E-state index is 15.5. The highest BCUT2D eigenvalue weighted by molar-refractivity contribution is 5.84. The van der Waals surface area contributed by atoms with Gasteiger partial charge in [0.25, 0.3) is 6.01 Å². The molecule has 1 saturated carbocycles. The summed E-state index contributed by atoms with van der Waals surface area (Å²) in [4.78, 5) is 18.3. The normalized spacial score (nSPS) is 26.0. The van der Waals surface area contributed by atoms with Crippen LogP contribution in [0.15, 0.2) is 54.6 Å². The van der Waals surface area contributed by atoms with Crippen LogP contribution in [0.4, 0.5) is 8.78 Å². The minimum absolute atomic E-state index is 0.00129. The van der Waals surface area contributed by atoms with E-state index in [2.05, 4.69) is 9.97 Å². The van der Waals surface area contributed by atoms with Crippen molar-refractivity contribution in [1.82, 2.24) is 9.97 Å². The maximum Gasteiger partial charge on any atom is 0.307 e. The number of rotatable bonds is 6. The zero-order valence-corrected chi connectivity index (χ0v) is 20.2. The molecule has 3 aliphatic rings. The van der Waals surface area contributed by atoms with Gasteiger partial charge in [-0.25, -0.2) is 8.78 Å². The van der Waals surface area contributed by atoms with E-state index < -0.39 is 17.6 Å². The summed E-state index contributed by atoms with van der Waals surface area (Å²) in [6.45, 7) is 0.962. The highest BCUT2D eigenvalue weighted by atomic mass is 19.1. The number of hydrogen-bond donors (Lipinski definition) is 2. The monoisotopic (exact) mass is 518 g/mol. The summed E-state index contributed by atoms with van der Waals surface area (Å²) < 4.78 is 47.9. The average Bonchev–Trinajstić information content (AvgIpc) is 3.20. The van der Waals surface area contributed by atoms with E-state index in [0.29, 0.717) is 25.2 Å². The lowest BCUT2D eigenvalue weighted by Gasteiger charge is -2.15. The van der Waals surface area contributed by atoms with Gasteiger partial charge in [-0.3, -0.25) is 4.79 Å². The third-order valence-corrected chi connectivity index (χ3v) is 7.78. The SMILES string of the molecule is O=C(O)C1CC1c1ccc(-c2ccc(-c3c(F)cc4[nH]c(OC5CO[C@@H]6CCO[C@H]56)nc4c3F)cc2)cc1. The van der Waals surface area contributed by atoms with E-state index in [9.17, 15) is 4.79 Å². The van der Waals surface area contributed by atoms with Gasteiger partial charge in [-0.1, -0.05) is 48.5 Å². The molecule has 3 heterocycles. The number of aromatic nitrogens is 2. The van der Waals surface area contributed by atoms with Crippen LogP contribution in [0.2, 0.25) is 0 Å². The number of hydrogen-bond acceptors (Lipinski definition) is 5. The lowest BCUT2D eigenvalue weighted by molar-refractivity contribution is -0.138. The van der Waals surface area contributed by atoms with Crippen LogP contribution >= 0.6 is 0 Å². The zero-order valence-electron chi connectivity index (χ0n) is 20.2. The fourth-order valence-electron chi connectivity index (χ4n) is 5.64. The van der Waals surface area contributed by atoms with Crippen molar-refractivity contribution in [2.45, 2.75) is 37.1 Å². The summed E-state index contributed by atoms with van der Waals surface area (Å²) in [6, 6.07) is 16.1. The minimum Gasteiger partial charge on any atom is -0.481 e. The van der Waals surface area contributed by atoms with Crippen LogP contribution in [0.5, 0.6) is 6.01 Å². The minimum atomic E-state index is -0.765. The van der Waals surface area contributed by atoms with E-state index in [1.165, 1.54) is 6.07 Å². The number of carbonyl (C=O) groups is 1. The molecule has 38 heavy (non-hydrogen) atoms. The summed E-state index contributed by atoms with van der Waals surface area (Å²) >= 11 is 0. The maximum absolute atomic E-state index is 15.5. The number of nitrogens with one attached hydrogen (secondary N) is 1. The second-order valence-corrected chi connectivity index (χ2v) is 10.1. The molecule has 194 valence electrons. The highest BCUT2D eigenvalue weighted by Crippen LogP contribution is 2.47. The Bertz CT molecular complexity index is 1540. The fraction of sp³-hybridized carbons (Fsp3) is 0.310. The van der Waals surface area contributed by atoms with Crippen LogP contribution in [0, 0.1) is 17.6 Å². The Morgan fingerprint density at radius 2 is 1.74 bits per heavy atom. The summed E-state index contributed by atoms with van der Waals surface area (Å²) in [7, 11) is 0. The number of halogens is 2. The first-order valence-electron chi connectivity index (χ1n) is 12.7. The number of carboxylic acids is 1. The molecule has 0 radical (unpaired) electrons. The molecule has 7 rings (SSSR count). The molecule has 3 fully saturated rings. The van der Waals surface area contributed by atoms with Crippen LogP contribution in [0.3, 0.4) is 0 Å². The van der Waals surface area contributed by atoms with Gasteiger partial charge in [0.05, 0.1) is 29.7 Å². The molecule has 7 nitrogen and oxygen atoms in total. The number of aliphatic carboxylic acids is 1. The third kappa shape index (κ3) is 3.93. The molecule has 0 spiro atoms. The Labute approximate surface area is 216 Å². The predicted octanol–water partition coefficient (Wildman–Crippen LogP) is 5.30. The number of carboxylic acid groups (broad SMARTS) is 1. The smallest absolute Gasteiger partial charge is 0.307 e. The Morgan fingerprint density at radius 3 is 2.45 bits per heavy atom. The van der Waals surface area contributed by atoms with Crippen molar-refractivity contribution < 1.29 is 32.9 Å². The summed E-state index contributed by atoms with van der Waals surface area (Å²) in [5, 5.41) is 9.15. The van der Waals surface area contributed by atoms with Crippen LogP contribution in [-0.4, -0.2) is 52.6 Å². The number of fused-ring (bicyclic) bond motifs is 2. The Hall–Kier alpha value is -3.82. The summed E-state index contributed by atoms with van der Waals surface area (Å²) in [5.41, 5.74) is 3.26. The second-order valence-electron chi connectivity index (χ2n) is 10.1. The van der Waals surface area contributed by atoms with Gasteiger partial charge in [0.2, 0.25) is 0 Å². The molecule has 1 aromatic heterocycles. The van der Waals surface area contributed by atoms with Gasteiger partial charge >= 0.3 is 5.97 Å². The van der Waals surface area contributed by atoms with Crippen molar-refractivity contribution in [3.63, 3.8) is 0 Å². The molecule has 2 aliphatic heterocycles. The Kier molecular flexibility index (Phi) is 5.45. The van der Waals surface area contributed by atoms with Crippen LogP contribution < -0.4 is 4.74 Å². The number of nitrogens with zero attached hydrogens (tertiary/aromatic N) is 1. The van der Waals surface area contributed by atoms with Crippen molar-refractivity contribution in [2.24, 2.45) is 5.92 Å². The molecule has 3 unspecified atom stereocenters. The van der Waals surface area contributed by atoms with E-state index >= 15 is 8.78 Å². The number of aromatic amines is 1. The predicted molar refractivity (Wildman–Crippen MR) is 134 cm³/mol. The van der Waals surface area contributed by atoms with Crippen molar-refractivity contribution in [1.29, 1.82) is 0 Å². The molecule has 1 aliphatic carbocycles. The second kappa shape index (κ2) is 8.89. The molecule has 2 N–H and O–H groups in total. The van der Waals surface area contributed by atoms with Crippen molar-refractivity contribution in [3.05, 3.63) is 71.8 Å². The summed E-state index contributed by atoms with van der Waals surface area (Å²) in [5.74, 6) is -2.46. The largest absolute Gasteiger partial charge is 0.481 e. The first kappa shape index (κ1) is 23.3. The standard InChI is InChI=1S/C29H24F2N2O5/c30-20-12-21-26(33-29(32-21)38-23-13-37-22-9-10-36-27(22)23)25(31)24(20)17-7-3-15(4-8-17)14-1-5-16(6-2-14)18-11-19(18)28(34)35/h1-8,12,18-19,22-23,27H,9-11,13H2,(H,32,33)(H,34,35)/t18?,19?,22-,23?,27+/m1/s1. The van der Waals surface area contributed by atoms with Crippen LogP contribution in [-0.2, 0) is 14.3 Å². The average molecular weight is 519 g/mol. The zero-order chi connectivity index (χ0) is 26.0. The molecule has 4 aromatic rings. The van der Waals surface area contributed by atoms with Gasteiger partial charge in [-0.2, -0.15) is 4.98 Å². The van der Waals surface area contributed by atoms with E-state index in [4.69, 9.17) is 19.3 Å². The van der Waals surface area contributed by atoms with Gasteiger partial charge in [-0.05, 0) is 41.0 Å². The number of H-pyrrole nitrogens is 1. The first-order chi connectivity index (χ1) is 18.5. The molecule has 2 saturated heterocycles. The van der Waals surface area contributed by atoms with Gasteiger partial charge in [-0.15, -0.1) is 0 Å². The Balaban J connectivity index is 1.12. The summed E-state index contributed by atoms with van der Waals surface area (Å²) in [6.07, 6.45) is 0.920. The molecule has 0 amide bonds. The van der Waals surface area contributed by atoms with Crippen molar-refractivity contribution >= 4 is 17.0 Å². The van der Waals surface area contributed by atoms with Gasteiger partial charge < -0.3 is 24.3 Å². The van der Waals surface area contributed by atoms with Crippen LogP contribution in [0.1, 0.15) is 24.3 Å². The molecular formula is C29H24F2N2O5. The highest BCUT2D eigenvalue weighted by Gasteiger charge is 2.44. The Morgan fingerprint density at radius 1 is 1.03 bits per heavy atom. The fourth-order valence-corrected chi connectivity index (χ4v) is 5.64. The molecule has 5 atom stereocenters. The van der Waals surface area contributed by atoms with Gasteiger partial charge in [0.15, 0.2) is 11.9 Å². The molecule has 3 aromatic carbocycles. The van der Waals surface area contributed by atoms with Crippen molar-refractivity contribution in [2.75, 3.05) is 13.2 Å².